The molecule has 1 aromatic heterocycles. The zero-order valence-corrected chi connectivity index (χ0v) is 19.1. The molecular weight excluding hydrogens is 483 g/mol. The van der Waals surface area contributed by atoms with Gasteiger partial charge in [-0.15, -0.1) is 11.3 Å². The molecule has 2 aromatic carbocycles. The second-order valence-electron chi connectivity index (χ2n) is 6.75. The number of halogens is 4. The molecule has 1 saturated heterocycles. The van der Waals surface area contributed by atoms with Gasteiger partial charge in [-0.1, -0.05) is 53.3 Å². The maximum atomic E-state index is 13.1. The van der Waals surface area contributed by atoms with Crippen LogP contribution in [0.2, 0.25) is 5.02 Å². The molecule has 1 aliphatic heterocycles. The molecule has 0 unspecified atom stereocenters. The van der Waals surface area contributed by atoms with Crippen LogP contribution in [-0.2, 0) is 11.0 Å². The predicted octanol–water partition coefficient (Wildman–Crippen LogP) is 7.80. The summed E-state index contributed by atoms with van der Waals surface area (Å²) in [5, 5.41) is 0.229. The number of nitrogens with zero attached hydrogens (tertiary/aromatic N) is 1. The molecule has 31 heavy (non-hydrogen) atoms. The van der Waals surface area contributed by atoms with Crippen LogP contribution in [0.4, 0.5) is 18.9 Å². The van der Waals surface area contributed by atoms with Crippen molar-refractivity contribution in [2.45, 2.75) is 13.1 Å². The number of carbonyl (C=O) groups is 1. The monoisotopic (exact) mass is 495 g/mol. The van der Waals surface area contributed by atoms with Crippen LogP contribution in [0.5, 0.6) is 0 Å². The molecule has 0 saturated carbocycles. The van der Waals surface area contributed by atoms with Gasteiger partial charge >= 0.3 is 6.18 Å². The van der Waals surface area contributed by atoms with Crippen molar-refractivity contribution in [3.05, 3.63) is 80.5 Å². The topological polar surface area (TPSA) is 20.3 Å². The van der Waals surface area contributed by atoms with E-state index in [1.54, 1.807) is 18.2 Å². The molecule has 1 aliphatic rings. The van der Waals surface area contributed by atoms with Crippen LogP contribution in [0, 0.1) is 6.92 Å². The van der Waals surface area contributed by atoms with Gasteiger partial charge in [0.2, 0.25) is 0 Å². The fourth-order valence-electron chi connectivity index (χ4n) is 2.98. The molecule has 0 radical (unpaired) electrons. The highest BCUT2D eigenvalue weighted by atomic mass is 35.5. The first-order chi connectivity index (χ1) is 14.6. The molecule has 9 heteroatoms. The number of hydrogen-bond acceptors (Lipinski definition) is 4. The van der Waals surface area contributed by atoms with E-state index in [9.17, 15) is 18.0 Å². The molecule has 0 N–H and O–H groups in total. The summed E-state index contributed by atoms with van der Waals surface area (Å²) in [6, 6.07) is 14.2. The van der Waals surface area contributed by atoms with Crippen LogP contribution < -0.4 is 4.90 Å². The van der Waals surface area contributed by atoms with E-state index in [0.717, 1.165) is 17.7 Å². The lowest BCUT2D eigenvalue weighted by Gasteiger charge is -2.14. The molecule has 2 nitrogen and oxygen atoms in total. The maximum absolute atomic E-state index is 13.1. The van der Waals surface area contributed by atoms with Crippen LogP contribution in [0.1, 0.15) is 16.0 Å². The number of thiocarbonyl (C=S) groups is 1. The SMILES string of the molecule is Cc1ccc(N2C(=O)C(=Cc3ccc(-c4cc(C(F)(F)F)ccc4Cl)s3)SC2=S)cc1. The third-order valence-electron chi connectivity index (χ3n) is 4.55. The van der Waals surface area contributed by atoms with Crippen molar-refractivity contribution >= 4 is 68.9 Å². The number of benzene rings is 2. The van der Waals surface area contributed by atoms with Crippen LogP contribution in [0.25, 0.3) is 16.5 Å². The molecule has 0 aliphatic carbocycles. The highest BCUT2D eigenvalue weighted by Gasteiger charge is 2.33. The average Bonchev–Trinajstić information content (AvgIpc) is 3.27. The molecule has 1 fully saturated rings. The Hall–Kier alpha value is -2.13. The predicted molar refractivity (Wildman–Crippen MR) is 127 cm³/mol. The zero-order chi connectivity index (χ0) is 22.3. The number of alkyl halides is 3. The van der Waals surface area contributed by atoms with Crippen LogP contribution >= 0.6 is 46.9 Å². The highest BCUT2D eigenvalue weighted by molar-refractivity contribution is 8.27. The van der Waals surface area contributed by atoms with Gasteiger partial charge in [0, 0.05) is 20.3 Å². The summed E-state index contributed by atoms with van der Waals surface area (Å²) in [6.45, 7) is 1.96. The lowest BCUT2D eigenvalue weighted by molar-refractivity contribution is -0.137. The minimum Gasteiger partial charge on any atom is -0.268 e. The first kappa shape index (κ1) is 22.1. The van der Waals surface area contributed by atoms with E-state index in [-0.39, 0.29) is 10.9 Å². The van der Waals surface area contributed by atoms with Crippen molar-refractivity contribution in [2.24, 2.45) is 0 Å². The van der Waals surface area contributed by atoms with E-state index in [2.05, 4.69) is 0 Å². The Kier molecular flexibility index (Phi) is 6.00. The average molecular weight is 496 g/mol. The molecule has 0 atom stereocenters. The number of thioether (sulfide) groups is 1. The van der Waals surface area contributed by atoms with Crippen LogP contribution in [0.15, 0.2) is 59.5 Å². The van der Waals surface area contributed by atoms with Gasteiger partial charge in [-0.25, -0.2) is 0 Å². The summed E-state index contributed by atoms with van der Waals surface area (Å²) in [5.41, 5.74) is 1.30. The Morgan fingerprint density at radius 3 is 2.45 bits per heavy atom. The number of aryl methyl sites for hydroxylation is 1. The summed E-state index contributed by atoms with van der Waals surface area (Å²) in [4.78, 5) is 16.1. The van der Waals surface area contributed by atoms with Crippen molar-refractivity contribution in [1.82, 2.24) is 0 Å². The van der Waals surface area contributed by atoms with Gasteiger partial charge in [0.05, 0.1) is 16.2 Å². The smallest absolute Gasteiger partial charge is 0.268 e. The van der Waals surface area contributed by atoms with Gasteiger partial charge < -0.3 is 0 Å². The molecule has 0 spiro atoms. The Morgan fingerprint density at radius 1 is 1.06 bits per heavy atom. The minimum absolute atomic E-state index is 0.229. The number of hydrogen-bond donors (Lipinski definition) is 0. The third kappa shape index (κ3) is 4.57. The van der Waals surface area contributed by atoms with Gasteiger partial charge in [-0.2, -0.15) is 13.2 Å². The van der Waals surface area contributed by atoms with Crippen molar-refractivity contribution in [3.8, 4) is 10.4 Å². The molecule has 1 amide bonds. The quantitative estimate of drug-likeness (QED) is 0.273. The first-order valence-corrected chi connectivity index (χ1v) is 11.4. The lowest BCUT2D eigenvalue weighted by atomic mass is 10.1. The van der Waals surface area contributed by atoms with Crippen molar-refractivity contribution in [3.63, 3.8) is 0 Å². The van der Waals surface area contributed by atoms with Crippen molar-refractivity contribution < 1.29 is 18.0 Å². The summed E-state index contributed by atoms with van der Waals surface area (Å²) < 4.78 is 39.6. The van der Waals surface area contributed by atoms with Gasteiger partial charge in [-0.3, -0.25) is 9.69 Å². The van der Waals surface area contributed by atoms with E-state index in [4.69, 9.17) is 23.8 Å². The zero-order valence-electron chi connectivity index (χ0n) is 15.9. The first-order valence-electron chi connectivity index (χ1n) is 8.95. The largest absolute Gasteiger partial charge is 0.416 e. The molecule has 158 valence electrons. The summed E-state index contributed by atoms with van der Waals surface area (Å²) in [7, 11) is 0. The minimum atomic E-state index is -4.45. The molecule has 2 heterocycles. The number of anilines is 1. The van der Waals surface area contributed by atoms with Gasteiger partial charge in [0.1, 0.15) is 0 Å². The van der Waals surface area contributed by atoms with E-state index < -0.39 is 11.7 Å². The second kappa shape index (κ2) is 8.43. The van der Waals surface area contributed by atoms with Gasteiger partial charge in [0.15, 0.2) is 4.32 Å². The van der Waals surface area contributed by atoms with E-state index in [1.165, 1.54) is 34.1 Å². The Labute approximate surface area is 195 Å². The third-order valence-corrected chi connectivity index (χ3v) is 7.24. The van der Waals surface area contributed by atoms with E-state index >= 15 is 0 Å². The van der Waals surface area contributed by atoms with Crippen LogP contribution in [0.3, 0.4) is 0 Å². The van der Waals surface area contributed by atoms with Crippen molar-refractivity contribution in [1.29, 1.82) is 0 Å². The Morgan fingerprint density at radius 2 is 1.77 bits per heavy atom. The standard InChI is InChI=1S/C22H13ClF3NOS3/c1-12-2-5-14(6-3-12)27-20(28)19(31-21(27)29)11-15-7-9-18(30-15)16-10-13(22(24,25)26)4-8-17(16)23/h2-11H,1H3. The number of rotatable bonds is 3. The normalized spacial score (nSPS) is 15.9. The summed E-state index contributed by atoms with van der Waals surface area (Å²) >= 11 is 14.0. The fraction of sp³-hybridized carbons (Fsp3) is 0.0909. The van der Waals surface area contributed by atoms with Crippen molar-refractivity contribution in [2.75, 3.05) is 4.90 Å². The lowest BCUT2D eigenvalue weighted by Crippen LogP contribution is -2.27. The fourth-order valence-corrected chi connectivity index (χ4v) is 5.60. The summed E-state index contributed by atoms with van der Waals surface area (Å²) in [5.74, 6) is -0.231. The molecule has 3 aromatic rings. The Bertz CT molecular complexity index is 1220. The van der Waals surface area contributed by atoms with E-state index in [0.29, 0.717) is 30.2 Å². The highest BCUT2D eigenvalue weighted by Crippen LogP contribution is 2.41. The van der Waals surface area contributed by atoms with Crippen LogP contribution in [-0.4, -0.2) is 10.2 Å². The molecule has 4 rings (SSSR count). The number of thiophene rings is 1. The number of carbonyl (C=O) groups excluding carboxylic acids is 1. The molecular formula is C22H13ClF3NOS3. The Balaban J connectivity index is 1.63. The molecule has 0 bridgehead atoms. The number of amides is 1. The second-order valence-corrected chi connectivity index (χ2v) is 9.95. The van der Waals surface area contributed by atoms with E-state index in [1.807, 2.05) is 31.2 Å². The summed E-state index contributed by atoms with van der Waals surface area (Å²) in [6.07, 6.45) is -2.76. The van der Waals surface area contributed by atoms with Gasteiger partial charge in [-0.05, 0) is 55.5 Å². The maximum Gasteiger partial charge on any atom is 0.416 e. The van der Waals surface area contributed by atoms with Gasteiger partial charge in [0.25, 0.3) is 5.91 Å².